The maximum atomic E-state index is 4.41. The highest BCUT2D eigenvalue weighted by Crippen LogP contribution is 2.27. The van der Waals surface area contributed by atoms with E-state index in [1.807, 2.05) is 0 Å². The highest BCUT2D eigenvalue weighted by atomic mass is 32.1. The number of likely N-dealkylation sites (tertiary alicyclic amines) is 1. The third-order valence-electron chi connectivity index (χ3n) is 4.93. The van der Waals surface area contributed by atoms with Crippen molar-refractivity contribution in [3.05, 3.63) is 24.0 Å². The molecule has 1 N–H and O–H groups in total. The average Bonchev–Trinajstić information content (AvgIpc) is 3.40. The normalized spacial score (nSPS) is 18.8. The van der Waals surface area contributed by atoms with Crippen LogP contribution in [-0.2, 0) is 6.54 Å². The van der Waals surface area contributed by atoms with E-state index in [0.29, 0.717) is 0 Å². The summed E-state index contributed by atoms with van der Waals surface area (Å²) < 4.78 is 2.17. The Bertz CT molecular complexity index is 639. The van der Waals surface area contributed by atoms with Crippen LogP contribution < -0.4 is 10.2 Å². The molecule has 2 saturated heterocycles. The van der Waals surface area contributed by atoms with Crippen molar-refractivity contribution in [1.29, 1.82) is 0 Å². The Morgan fingerprint density at radius 3 is 2.58 bits per heavy atom. The predicted octanol–water partition coefficient (Wildman–Crippen LogP) is 2.11. The second-order valence-corrected chi connectivity index (χ2v) is 7.59. The van der Waals surface area contributed by atoms with E-state index in [1.54, 1.807) is 11.3 Å². The Balaban J connectivity index is 1.33. The van der Waals surface area contributed by atoms with Gasteiger partial charge in [0.2, 0.25) is 10.3 Å². The first kappa shape index (κ1) is 16.1. The molecule has 0 saturated carbocycles. The topological polar surface area (TPSA) is 49.2 Å². The smallest absolute Gasteiger partial charge is 0.218 e. The Morgan fingerprint density at radius 2 is 1.75 bits per heavy atom. The SMILES string of the molecule is c1cc(CNCCN2CCCC2)n(-c2nnc(N3CCCC3)s2)c1. The number of nitrogens with zero attached hydrogens (tertiary/aromatic N) is 5. The molecule has 2 fully saturated rings. The summed E-state index contributed by atoms with van der Waals surface area (Å²) in [6, 6.07) is 4.26. The van der Waals surface area contributed by atoms with Gasteiger partial charge in [0.25, 0.3) is 0 Å². The summed E-state index contributed by atoms with van der Waals surface area (Å²) in [7, 11) is 0. The van der Waals surface area contributed by atoms with E-state index in [0.717, 1.165) is 43.0 Å². The monoisotopic (exact) mass is 346 g/mol. The molecular formula is C17H26N6S. The molecule has 0 unspecified atom stereocenters. The zero-order chi connectivity index (χ0) is 16.2. The van der Waals surface area contributed by atoms with Crippen LogP contribution in [0.25, 0.3) is 5.13 Å². The number of nitrogens with one attached hydrogen (secondary N) is 1. The molecule has 0 amide bonds. The Labute approximate surface area is 147 Å². The van der Waals surface area contributed by atoms with Crippen molar-refractivity contribution in [3.8, 4) is 5.13 Å². The molecule has 0 bridgehead atoms. The quantitative estimate of drug-likeness (QED) is 0.778. The van der Waals surface area contributed by atoms with Crippen molar-refractivity contribution in [2.45, 2.75) is 32.2 Å². The molecular weight excluding hydrogens is 320 g/mol. The minimum absolute atomic E-state index is 0.874. The van der Waals surface area contributed by atoms with Crippen LogP contribution in [0.2, 0.25) is 0 Å². The first-order chi connectivity index (χ1) is 11.9. The van der Waals surface area contributed by atoms with Gasteiger partial charge in [0.1, 0.15) is 0 Å². The lowest BCUT2D eigenvalue weighted by Gasteiger charge is -2.15. The summed E-state index contributed by atoms with van der Waals surface area (Å²) in [5, 5.41) is 14.4. The molecule has 4 heterocycles. The summed E-state index contributed by atoms with van der Waals surface area (Å²) in [5.74, 6) is 0. The lowest BCUT2D eigenvalue weighted by atomic mass is 10.4. The Hall–Kier alpha value is -1.44. The predicted molar refractivity (Wildman–Crippen MR) is 98.1 cm³/mol. The number of hydrogen-bond donors (Lipinski definition) is 1. The van der Waals surface area contributed by atoms with Crippen molar-refractivity contribution in [2.75, 3.05) is 44.2 Å². The lowest BCUT2D eigenvalue weighted by molar-refractivity contribution is 0.335. The van der Waals surface area contributed by atoms with Crippen LogP contribution in [0, 0.1) is 0 Å². The Morgan fingerprint density at radius 1 is 1.00 bits per heavy atom. The van der Waals surface area contributed by atoms with Crippen molar-refractivity contribution >= 4 is 16.5 Å². The molecule has 0 atom stereocenters. The van der Waals surface area contributed by atoms with Gasteiger partial charge in [-0.05, 0) is 50.9 Å². The first-order valence-corrected chi connectivity index (χ1v) is 9.90. The lowest BCUT2D eigenvalue weighted by Crippen LogP contribution is -2.30. The van der Waals surface area contributed by atoms with Crippen LogP contribution in [0.1, 0.15) is 31.4 Å². The highest BCUT2D eigenvalue weighted by Gasteiger charge is 2.18. The van der Waals surface area contributed by atoms with Gasteiger partial charge in [-0.2, -0.15) is 0 Å². The molecule has 2 aliphatic heterocycles. The van der Waals surface area contributed by atoms with Gasteiger partial charge >= 0.3 is 0 Å². The zero-order valence-electron chi connectivity index (χ0n) is 14.2. The van der Waals surface area contributed by atoms with E-state index in [9.17, 15) is 0 Å². The zero-order valence-corrected chi connectivity index (χ0v) is 15.0. The second kappa shape index (κ2) is 7.63. The van der Waals surface area contributed by atoms with Crippen molar-refractivity contribution in [3.63, 3.8) is 0 Å². The fraction of sp³-hybridized carbons (Fsp3) is 0.647. The first-order valence-electron chi connectivity index (χ1n) is 9.08. The van der Waals surface area contributed by atoms with Gasteiger partial charge in [-0.25, -0.2) is 0 Å². The summed E-state index contributed by atoms with van der Waals surface area (Å²) in [5.41, 5.74) is 1.25. The molecule has 0 aliphatic carbocycles. The standard InChI is InChI=1S/C17H26N6S/c1-2-9-21(8-1)13-7-18-14-15-6-5-12-23(15)17-20-19-16(24-17)22-10-3-4-11-22/h5-6,12,18H,1-4,7-11,13-14H2. The minimum atomic E-state index is 0.874. The van der Waals surface area contributed by atoms with Gasteiger partial charge in [0.15, 0.2) is 0 Å². The fourth-order valence-electron chi connectivity index (χ4n) is 3.55. The van der Waals surface area contributed by atoms with Crippen LogP contribution in [0.4, 0.5) is 5.13 Å². The van der Waals surface area contributed by atoms with Gasteiger partial charge in [-0.15, -0.1) is 10.2 Å². The van der Waals surface area contributed by atoms with Gasteiger partial charge in [-0.3, -0.25) is 4.57 Å². The summed E-state index contributed by atoms with van der Waals surface area (Å²) >= 11 is 1.69. The molecule has 130 valence electrons. The number of rotatable bonds is 7. The molecule has 0 aromatic carbocycles. The number of anilines is 1. The molecule has 4 rings (SSSR count). The van der Waals surface area contributed by atoms with Gasteiger partial charge in [0, 0.05) is 44.6 Å². The van der Waals surface area contributed by atoms with E-state index in [2.05, 4.69) is 48.2 Å². The largest absolute Gasteiger partial charge is 0.347 e. The van der Waals surface area contributed by atoms with Crippen LogP contribution in [0.5, 0.6) is 0 Å². The second-order valence-electron chi connectivity index (χ2n) is 6.66. The highest BCUT2D eigenvalue weighted by molar-refractivity contribution is 7.17. The van der Waals surface area contributed by atoms with E-state index in [-0.39, 0.29) is 0 Å². The van der Waals surface area contributed by atoms with Crippen molar-refractivity contribution < 1.29 is 0 Å². The average molecular weight is 347 g/mol. The third-order valence-corrected chi connectivity index (χ3v) is 5.91. The van der Waals surface area contributed by atoms with Crippen LogP contribution in [0.15, 0.2) is 18.3 Å². The molecule has 6 nitrogen and oxygen atoms in total. The number of aromatic nitrogens is 3. The molecule has 2 aromatic rings. The number of hydrogen-bond acceptors (Lipinski definition) is 6. The molecule has 7 heteroatoms. The van der Waals surface area contributed by atoms with Crippen molar-refractivity contribution in [2.24, 2.45) is 0 Å². The van der Waals surface area contributed by atoms with E-state index < -0.39 is 0 Å². The van der Waals surface area contributed by atoms with Crippen LogP contribution in [0.3, 0.4) is 0 Å². The van der Waals surface area contributed by atoms with E-state index in [4.69, 9.17) is 0 Å². The van der Waals surface area contributed by atoms with E-state index >= 15 is 0 Å². The molecule has 2 aromatic heterocycles. The molecule has 0 radical (unpaired) electrons. The maximum Gasteiger partial charge on any atom is 0.218 e. The van der Waals surface area contributed by atoms with Crippen molar-refractivity contribution in [1.82, 2.24) is 25.0 Å². The molecule has 24 heavy (non-hydrogen) atoms. The van der Waals surface area contributed by atoms with Crippen LogP contribution in [-0.4, -0.2) is 58.9 Å². The van der Waals surface area contributed by atoms with Crippen LogP contribution >= 0.6 is 11.3 Å². The van der Waals surface area contributed by atoms with Gasteiger partial charge < -0.3 is 15.1 Å². The third kappa shape index (κ3) is 3.63. The maximum absolute atomic E-state index is 4.41. The minimum Gasteiger partial charge on any atom is -0.347 e. The summed E-state index contributed by atoms with van der Waals surface area (Å²) in [4.78, 5) is 4.89. The van der Waals surface area contributed by atoms with Gasteiger partial charge in [-0.1, -0.05) is 11.3 Å². The Kier molecular flexibility index (Phi) is 5.10. The fourth-order valence-corrected chi connectivity index (χ4v) is 4.46. The summed E-state index contributed by atoms with van der Waals surface area (Å²) in [6.07, 6.45) is 7.35. The van der Waals surface area contributed by atoms with Gasteiger partial charge in [0.05, 0.1) is 0 Å². The van der Waals surface area contributed by atoms with E-state index in [1.165, 1.54) is 44.5 Å². The molecule has 0 spiro atoms. The molecule has 2 aliphatic rings. The summed E-state index contributed by atoms with van der Waals surface area (Å²) in [6.45, 7) is 7.83.